The second-order valence-corrected chi connectivity index (χ2v) is 6.97. The Bertz CT molecular complexity index is 1140. The third kappa shape index (κ3) is 2.53. The predicted octanol–water partition coefficient (Wildman–Crippen LogP) is 5.24. The van der Waals surface area contributed by atoms with Crippen LogP contribution in [0.15, 0.2) is 72.1 Å². The molecule has 1 aromatic heterocycles. The highest BCUT2D eigenvalue weighted by atomic mass is 32.1. The molecule has 1 aliphatic rings. The summed E-state index contributed by atoms with van der Waals surface area (Å²) in [5.41, 5.74) is 3.42. The Morgan fingerprint density at radius 2 is 1.77 bits per heavy atom. The van der Waals surface area contributed by atoms with E-state index in [-0.39, 0.29) is 5.97 Å². The second-order valence-electron chi connectivity index (χ2n) is 6.12. The first-order valence-corrected chi connectivity index (χ1v) is 9.17. The minimum atomic E-state index is -0.491. The molecular formula is C21H14N2O2S. The van der Waals surface area contributed by atoms with Gasteiger partial charge in [-0.25, -0.2) is 9.78 Å². The van der Waals surface area contributed by atoms with Crippen LogP contribution in [0.25, 0.3) is 22.0 Å². The number of hydrogen-bond donors (Lipinski definition) is 1. The quantitative estimate of drug-likeness (QED) is 0.509. The highest BCUT2D eigenvalue weighted by Crippen LogP contribution is 2.34. The first-order chi connectivity index (χ1) is 12.8. The van der Waals surface area contributed by atoms with E-state index in [0.29, 0.717) is 5.56 Å². The number of fused-ring (bicyclic) bond motifs is 2. The fourth-order valence-corrected chi connectivity index (χ4v) is 3.92. The zero-order valence-electron chi connectivity index (χ0n) is 13.7. The number of esters is 1. The maximum absolute atomic E-state index is 11.9. The van der Waals surface area contributed by atoms with E-state index in [1.807, 2.05) is 35.7 Å². The molecule has 126 valence electrons. The molecule has 0 bridgehead atoms. The van der Waals surface area contributed by atoms with Crippen molar-refractivity contribution in [2.24, 2.45) is 0 Å². The molecule has 0 unspecified atom stereocenters. The lowest BCUT2D eigenvalue weighted by Crippen LogP contribution is -2.09. The van der Waals surface area contributed by atoms with Gasteiger partial charge in [-0.2, -0.15) is 0 Å². The number of aromatic nitrogens is 1. The summed E-state index contributed by atoms with van der Waals surface area (Å²) in [6.07, 6.45) is -0.491. The fourth-order valence-electron chi connectivity index (χ4n) is 3.19. The standard InChI is InChI=1S/C21H14N2O2S/c24-20-17-8-4-3-7-16(17)19(25-20)23-21-22-18(12-26-21)15-10-9-13-5-1-2-6-14(13)11-15/h1-12,19H,(H,22,23)/t19-/m0/s1. The molecule has 5 heteroatoms. The van der Waals surface area contributed by atoms with Crippen LogP contribution >= 0.6 is 11.3 Å². The highest BCUT2D eigenvalue weighted by Gasteiger charge is 2.30. The predicted molar refractivity (Wildman–Crippen MR) is 103 cm³/mol. The number of nitrogens with zero attached hydrogens (tertiary/aromatic N) is 1. The van der Waals surface area contributed by atoms with Crippen LogP contribution in [0, 0.1) is 0 Å². The number of ether oxygens (including phenoxy) is 1. The number of carbonyl (C=O) groups excluding carboxylic acids is 1. The minimum Gasteiger partial charge on any atom is -0.434 e. The summed E-state index contributed by atoms with van der Waals surface area (Å²) in [4.78, 5) is 16.6. The SMILES string of the molecule is O=C1O[C@H](Nc2nc(-c3ccc4ccccc4c3)cs2)c2ccccc21. The Morgan fingerprint density at radius 3 is 2.69 bits per heavy atom. The number of carbonyl (C=O) groups is 1. The summed E-state index contributed by atoms with van der Waals surface area (Å²) < 4.78 is 5.42. The average molecular weight is 358 g/mol. The molecule has 3 aromatic carbocycles. The van der Waals surface area contributed by atoms with Gasteiger partial charge in [0.25, 0.3) is 0 Å². The molecule has 0 spiro atoms. The van der Waals surface area contributed by atoms with E-state index in [1.54, 1.807) is 6.07 Å². The zero-order valence-corrected chi connectivity index (χ0v) is 14.5. The molecule has 5 rings (SSSR count). The minimum absolute atomic E-state index is 0.301. The van der Waals surface area contributed by atoms with Crippen molar-refractivity contribution in [1.82, 2.24) is 4.98 Å². The summed E-state index contributed by atoms with van der Waals surface area (Å²) >= 11 is 1.50. The van der Waals surface area contributed by atoms with Gasteiger partial charge >= 0.3 is 5.97 Å². The van der Waals surface area contributed by atoms with Crippen molar-refractivity contribution in [3.05, 3.63) is 83.2 Å². The van der Waals surface area contributed by atoms with Crippen LogP contribution in [-0.2, 0) is 4.74 Å². The Morgan fingerprint density at radius 1 is 0.962 bits per heavy atom. The van der Waals surface area contributed by atoms with Crippen LogP contribution < -0.4 is 5.32 Å². The molecule has 0 radical (unpaired) electrons. The number of thiazole rings is 1. The fraction of sp³-hybridized carbons (Fsp3) is 0.0476. The van der Waals surface area contributed by atoms with Crippen molar-refractivity contribution in [1.29, 1.82) is 0 Å². The maximum atomic E-state index is 11.9. The summed E-state index contributed by atoms with van der Waals surface area (Å²) in [6.45, 7) is 0. The molecule has 0 amide bonds. The van der Waals surface area contributed by atoms with E-state index in [0.717, 1.165) is 22.0 Å². The first-order valence-electron chi connectivity index (χ1n) is 8.29. The van der Waals surface area contributed by atoms with Gasteiger partial charge in [-0.15, -0.1) is 11.3 Å². The van der Waals surface area contributed by atoms with Crippen LogP contribution in [-0.4, -0.2) is 11.0 Å². The summed E-state index contributed by atoms with van der Waals surface area (Å²) in [7, 11) is 0. The Labute approximate surface area is 154 Å². The molecule has 0 saturated carbocycles. The lowest BCUT2D eigenvalue weighted by molar-refractivity contribution is 0.0437. The van der Waals surface area contributed by atoms with Crippen molar-refractivity contribution < 1.29 is 9.53 Å². The zero-order chi connectivity index (χ0) is 17.5. The topological polar surface area (TPSA) is 51.2 Å². The lowest BCUT2D eigenvalue weighted by Gasteiger charge is -2.11. The summed E-state index contributed by atoms with van der Waals surface area (Å²) in [5, 5.41) is 8.35. The monoisotopic (exact) mass is 358 g/mol. The second kappa shape index (κ2) is 5.97. The number of cyclic esters (lactones) is 1. The van der Waals surface area contributed by atoms with Crippen LogP contribution in [0.2, 0.25) is 0 Å². The molecule has 0 fully saturated rings. The van der Waals surface area contributed by atoms with Gasteiger partial charge in [-0.05, 0) is 22.9 Å². The van der Waals surface area contributed by atoms with E-state index in [2.05, 4.69) is 40.6 Å². The number of rotatable bonds is 3. The van der Waals surface area contributed by atoms with E-state index < -0.39 is 6.23 Å². The molecule has 1 aliphatic heterocycles. The Kier molecular flexibility index (Phi) is 3.47. The van der Waals surface area contributed by atoms with Crippen LogP contribution in [0.4, 0.5) is 5.13 Å². The Balaban J connectivity index is 1.43. The Hall–Kier alpha value is -3.18. The van der Waals surface area contributed by atoms with Crippen molar-refractivity contribution in [2.75, 3.05) is 5.32 Å². The van der Waals surface area contributed by atoms with Gasteiger partial charge in [-0.1, -0.05) is 54.6 Å². The molecule has 26 heavy (non-hydrogen) atoms. The molecule has 4 aromatic rings. The van der Waals surface area contributed by atoms with Crippen molar-refractivity contribution in [3.8, 4) is 11.3 Å². The van der Waals surface area contributed by atoms with Gasteiger partial charge in [0.2, 0.25) is 6.23 Å². The molecule has 1 atom stereocenters. The van der Waals surface area contributed by atoms with Gasteiger partial charge in [0.1, 0.15) is 0 Å². The third-order valence-electron chi connectivity index (χ3n) is 4.49. The molecule has 0 aliphatic carbocycles. The smallest absolute Gasteiger partial charge is 0.340 e. The summed E-state index contributed by atoms with van der Waals surface area (Å²) in [5.74, 6) is -0.301. The number of nitrogens with one attached hydrogen (secondary N) is 1. The van der Waals surface area contributed by atoms with Crippen LogP contribution in [0.3, 0.4) is 0 Å². The van der Waals surface area contributed by atoms with Crippen molar-refractivity contribution in [2.45, 2.75) is 6.23 Å². The number of benzene rings is 3. The van der Waals surface area contributed by atoms with Crippen molar-refractivity contribution in [3.63, 3.8) is 0 Å². The highest BCUT2D eigenvalue weighted by molar-refractivity contribution is 7.14. The van der Waals surface area contributed by atoms with Gasteiger partial charge in [0, 0.05) is 16.5 Å². The van der Waals surface area contributed by atoms with Crippen molar-refractivity contribution >= 4 is 33.2 Å². The molecule has 4 nitrogen and oxygen atoms in total. The molecule has 2 heterocycles. The van der Waals surface area contributed by atoms with Gasteiger partial charge in [0.15, 0.2) is 5.13 Å². The van der Waals surface area contributed by atoms with E-state index >= 15 is 0 Å². The largest absolute Gasteiger partial charge is 0.434 e. The van der Waals surface area contributed by atoms with E-state index in [4.69, 9.17) is 4.74 Å². The normalized spacial score (nSPS) is 15.7. The molecule has 0 saturated heterocycles. The molecule has 1 N–H and O–H groups in total. The number of hydrogen-bond acceptors (Lipinski definition) is 5. The average Bonchev–Trinajstić information content (AvgIpc) is 3.27. The van der Waals surface area contributed by atoms with Gasteiger partial charge in [-0.3, -0.25) is 0 Å². The number of anilines is 1. The van der Waals surface area contributed by atoms with E-state index in [1.165, 1.54) is 22.1 Å². The van der Waals surface area contributed by atoms with Gasteiger partial charge < -0.3 is 10.1 Å². The first kappa shape index (κ1) is 15.1. The van der Waals surface area contributed by atoms with Gasteiger partial charge in [0.05, 0.1) is 11.3 Å². The van der Waals surface area contributed by atoms with Crippen LogP contribution in [0.1, 0.15) is 22.1 Å². The molecular weight excluding hydrogens is 344 g/mol. The van der Waals surface area contributed by atoms with E-state index in [9.17, 15) is 4.79 Å². The third-order valence-corrected chi connectivity index (χ3v) is 5.27. The van der Waals surface area contributed by atoms with Crippen LogP contribution in [0.5, 0.6) is 0 Å². The lowest BCUT2D eigenvalue weighted by atomic mass is 10.1. The summed E-state index contributed by atoms with van der Waals surface area (Å²) in [6, 6.07) is 22.0. The maximum Gasteiger partial charge on any atom is 0.340 e.